The van der Waals surface area contributed by atoms with E-state index in [2.05, 4.69) is 0 Å². The van der Waals surface area contributed by atoms with E-state index >= 15 is 0 Å². The molecule has 1 aromatic heterocycles. The third kappa shape index (κ3) is 4.07. The summed E-state index contributed by atoms with van der Waals surface area (Å²) in [7, 11) is 0. The first kappa shape index (κ1) is 17.6. The van der Waals surface area contributed by atoms with Crippen LogP contribution in [0.1, 0.15) is 33.8 Å². The molecule has 1 fully saturated rings. The molecule has 1 aliphatic heterocycles. The van der Waals surface area contributed by atoms with E-state index in [1.807, 2.05) is 13.0 Å². The van der Waals surface area contributed by atoms with Crippen molar-refractivity contribution in [3.63, 3.8) is 0 Å². The zero-order valence-electron chi connectivity index (χ0n) is 14.0. The number of carbonyl (C=O) groups excluding carboxylic acids is 1. The van der Waals surface area contributed by atoms with E-state index in [9.17, 15) is 14.0 Å². The summed E-state index contributed by atoms with van der Waals surface area (Å²) < 4.78 is 13.1. The molecule has 0 saturated carbocycles. The number of carboxylic acid groups (broad SMARTS) is 1. The van der Waals surface area contributed by atoms with E-state index in [1.165, 1.54) is 23.5 Å². The summed E-state index contributed by atoms with van der Waals surface area (Å²) in [5.74, 6) is -0.906. The highest BCUT2D eigenvalue weighted by molar-refractivity contribution is 7.14. The number of benzene rings is 1. The van der Waals surface area contributed by atoms with E-state index < -0.39 is 5.97 Å². The zero-order chi connectivity index (χ0) is 18.0. The van der Waals surface area contributed by atoms with Gasteiger partial charge >= 0.3 is 5.97 Å². The molecule has 2 heterocycles. The highest BCUT2D eigenvalue weighted by Crippen LogP contribution is 2.32. The quantitative estimate of drug-likeness (QED) is 0.888. The molecule has 2 aromatic rings. The molecule has 4 nitrogen and oxygen atoms in total. The molecule has 1 amide bonds. The summed E-state index contributed by atoms with van der Waals surface area (Å²) in [4.78, 5) is 27.0. The van der Waals surface area contributed by atoms with Gasteiger partial charge in [-0.2, -0.15) is 0 Å². The SMILES string of the molecule is Cc1sc(C(=O)N2CCC(CC(=O)O)CC2)cc1-c1ccc(F)cc1. The molecule has 0 bridgehead atoms. The molecular formula is C19H20FNO3S. The average molecular weight is 361 g/mol. The van der Waals surface area contributed by atoms with Crippen molar-refractivity contribution in [3.05, 3.63) is 45.9 Å². The Balaban J connectivity index is 1.70. The smallest absolute Gasteiger partial charge is 0.303 e. The lowest BCUT2D eigenvalue weighted by molar-refractivity contribution is -0.138. The number of rotatable bonds is 4. The van der Waals surface area contributed by atoms with Gasteiger partial charge in [-0.25, -0.2) is 4.39 Å². The number of hydrogen-bond acceptors (Lipinski definition) is 3. The number of nitrogens with zero attached hydrogens (tertiary/aromatic N) is 1. The van der Waals surface area contributed by atoms with Crippen molar-refractivity contribution < 1.29 is 19.1 Å². The number of aliphatic carboxylic acids is 1. The molecule has 0 radical (unpaired) electrons. The number of piperidine rings is 1. The average Bonchev–Trinajstić information content (AvgIpc) is 2.97. The normalized spacial score (nSPS) is 15.4. The van der Waals surface area contributed by atoms with E-state index in [4.69, 9.17) is 5.11 Å². The van der Waals surface area contributed by atoms with Gasteiger partial charge in [0.15, 0.2) is 0 Å². The number of hydrogen-bond donors (Lipinski definition) is 1. The van der Waals surface area contributed by atoms with E-state index in [0.717, 1.165) is 28.8 Å². The van der Waals surface area contributed by atoms with Crippen LogP contribution in [-0.2, 0) is 4.79 Å². The second-order valence-corrected chi connectivity index (χ2v) is 7.68. The topological polar surface area (TPSA) is 57.6 Å². The van der Waals surface area contributed by atoms with Crippen LogP contribution in [0.15, 0.2) is 30.3 Å². The Kier molecular flexibility index (Phi) is 5.18. The van der Waals surface area contributed by atoms with Crippen LogP contribution in [0.3, 0.4) is 0 Å². The van der Waals surface area contributed by atoms with E-state index in [0.29, 0.717) is 18.0 Å². The Morgan fingerprint density at radius 2 is 1.88 bits per heavy atom. The summed E-state index contributed by atoms with van der Waals surface area (Å²) in [6.07, 6.45) is 1.63. The van der Waals surface area contributed by atoms with Crippen LogP contribution in [0, 0.1) is 18.7 Å². The maximum absolute atomic E-state index is 13.1. The molecule has 1 aliphatic rings. The molecule has 0 atom stereocenters. The van der Waals surface area contributed by atoms with Crippen LogP contribution in [-0.4, -0.2) is 35.0 Å². The Morgan fingerprint density at radius 1 is 1.24 bits per heavy atom. The van der Waals surface area contributed by atoms with E-state index in [1.54, 1.807) is 17.0 Å². The predicted molar refractivity (Wildman–Crippen MR) is 95.3 cm³/mol. The first-order valence-electron chi connectivity index (χ1n) is 8.31. The third-order valence-electron chi connectivity index (χ3n) is 4.65. The zero-order valence-corrected chi connectivity index (χ0v) is 14.8. The Hall–Kier alpha value is -2.21. The third-order valence-corrected chi connectivity index (χ3v) is 5.69. The lowest BCUT2D eigenvalue weighted by Gasteiger charge is -2.31. The maximum atomic E-state index is 13.1. The van der Waals surface area contributed by atoms with Crippen LogP contribution in [0.4, 0.5) is 4.39 Å². The summed E-state index contributed by atoms with van der Waals surface area (Å²) in [6.45, 7) is 3.15. The van der Waals surface area contributed by atoms with Crippen LogP contribution < -0.4 is 0 Å². The fourth-order valence-electron chi connectivity index (χ4n) is 3.25. The Morgan fingerprint density at radius 3 is 2.48 bits per heavy atom. The molecule has 6 heteroatoms. The second kappa shape index (κ2) is 7.35. The minimum atomic E-state index is -0.775. The Labute approximate surface area is 149 Å². The monoisotopic (exact) mass is 361 g/mol. The molecule has 0 unspecified atom stereocenters. The van der Waals surface area contributed by atoms with Crippen molar-refractivity contribution in [1.82, 2.24) is 4.90 Å². The summed E-state index contributed by atoms with van der Waals surface area (Å²) in [5.41, 5.74) is 1.85. The molecule has 1 aromatic carbocycles. The number of halogens is 1. The molecule has 0 aliphatic carbocycles. The number of amides is 1. The molecule has 25 heavy (non-hydrogen) atoms. The Bertz CT molecular complexity index is 776. The summed E-state index contributed by atoms with van der Waals surface area (Å²) in [6, 6.07) is 8.15. The summed E-state index contributed by atoms with van der Waals surface area (Å²) >= 11 is 1.45. The fraction of sp³-hybridized carbons (Fsp3) is 0.368. The van der Waals surface area contributed by atoms with Crippen LogP contribution in [0.5, 0.6) is 0 Å². The van der Waals surface area contributed by atoms with Gasteiger partial charge in [-0.3, -0.25) is 9.59 Å². The van der Waals surface area contributed by atoms with Gasteiger partial charge in [-0.15, -0.1) is 11.3 Å². The standard InChI is InChI=1S/C19H20FNO3S/c1-12-16(14-2-4-15(20)5-3-14)11-17(25-12)19(24)21-8-6-13(7-9-21)10-18(22)23/h2-5,11,13H,6-10H2,1H3,(H,22,23). The highest BCUT2D eigenvalue weighted by Gasteiger charge is 2.26. The molecule has 1 saturated heterocycles. The van der Waals surface area contributed by atoms with Gasteiger partial charge in [0.1, 0.15) is 5.82 Å². The number of thiophene rings is 1. The maximum Gasteiger partial charge on any atom is 0.303 e. The van der Waals surface area contributed by atoms with Gasteiger partial charge in [-0.1, -0.05) is 12.1 Å². The lowest BCUT2D eigenvalue weighted by Crippen LogP contribution is -2.38. The minimum Gasteiger partial charge on any atom is -0.481 e. The number of likely N-dealkylation sites (tertiary alicyclic amines) is 1. The molecule has 0 spiro atoms. The molecule has 1 N–H and O–H groups in total. The van der Waals surface area contributed by atoms with Gasteiger partial charge < -0.3 is 10.0 Å². The minimum absolute atomic E-state index is 0.00441. The summed E-state index contributed by atoms with van der Waals surface area (Å²) in [5, 5.41) is 8.88. The molecular weight excluding hydrogens is 341 g/mol. The van der Waals surface area contributed by atoms with Gasteiger partial charge in [0.05, 0.1) is 4.88 Å². The van der Waals surface area contributed by atoms with Crippen molar-refractivity contribution in [2.24, 2.45) is 5.92 Å². The van der Waals surface area contributed by atoms with Crippen molar-refractivity contribution >= 4 is 23.2 Å². The van der Waals surface area contributed by atoms with Crippen LogP contribution in [0.25, 0.3) is 11.1 Å². The van der Waals surface area contributed by atoms with Crippen molar-refractivity contribution in [3.8, 4) is 11.1 Å². The lowest BCUT2D eigenvalue weighted by atomic mass is 9.93. The van der Waals surface area contributed by atoms with Gasteiger partial charge in [0, 0.05) is 24.4 Å². The second-order valence-electron chi connectivity index (χ2n) is 6.42. The van der Waals surface area contributed by atoms with Gasteiger partial charge in [0.2, 0.25) is 0 Å². The number of carbonyl (C=O) groups is 2. The fourth-order valence-corrected chi connectivity index (χ4v) is 4.26. The van der Waals surface area contributed by atoms with Crippen molar-refractivity contribution in [2.75, 3.05) is 13.1 Å². The van der Waals surface area contributed by atoms with Crippen LogP contribution >= 0.6 is 11.3 Å². The number of carboxylic acids is 1. The highest BCUT2D eigenvalue weighted by atomic mass is 32.1. The van der Waals surface area contributed by atoms with Crippen LogP contribution in [0.2, 0.25) is 0 Å². The van der Waals surface area contributed by atoms with E-state index in [-0.39, 0.29) is 24.1 Å². The first-order valence-corrected chi connectivity index (χ1v) is 9.13. The predicted octanol–water partition coefficient (Wildman–Crippen LogP) is 4.19. The van der Waals surface area contributed by atoms with Crippen molar-refractivity contribution in [1.29, 1.82) is 0 Å². The molecule has 132 valence electrons. The van der Waals surface area contributed by atoms with Gasteiger partial charge in [-0.05, 0) is 55.0 Å². The first-order chi connectivity index (χ1) is 11.9. The largest absolute Gasteiger partial charge is 0.481 e. The van der Waals surface area contributed by atoms with Crippen molar-refractivity contribution in [2.45, 2.75) is 26.2 Å². The number of aryl methyl sites for hydroxylation is 1. The molecule has 3 rings (SSSR count). The van der Waals surface area contributed by atoms with Gasteiger partial charge in [0.25, 0.3) is 5.91 Å².